The second-order valence-corrected chi connectivity index (χ2v) is 5.45. The molecule has 1 aromatic rings. The topological polar surface area (TPSA) is 59.7 Å². The van der Waals surface area contributed by atoms with Crippen LogP contribution >= 0.6 is 0 Å². The van der Waals surface area contributed by atoms with E-state index in [0.29, 0.717) is 0 Å². The van der Waals surface area contributed by atoms with Gasteiger partial charge in [-0.1, -0.05) is 24.3 Å². The lowest BCUT2D eigenvalue weighted by Crippen LogP contribution is -2.43. The van der Waals surface area contributed by atoms with Crippen molar-refractivity contribution in [2.75, 3.05) is 13.1 Å². The standard InChI is InChI=1S/C16H18N4O/c1-12(21)20-15(11-17)13-7-3-4-8-14(13)16(18-20)19-9-5-2-6-10-19/h3-4,7-8,15H,2,5-6,9-10H2,1H3. The van der Waals surface area contributed by atoms with Crippen LogP contribution in [0, 0.1) is 11.3 Å². The van der Waals surface area contributed by atoms with E-state index in [1.54, 1.807) is 0 Å². The first-order valence-corrected chi connectivity index (χ1v) is 7.34. The van der Waals surface area contributed by atoms with Gasteiger partial charge in [0.05, 0.1) is 6.07 Å². The third-order valence-corrected chi connectivity index (χ3v) is 4.04. The fourth-order valence-corrected chi connectivity index (χ4v) is 3.00. The quantitative estimate of drug-likeness (QED) is 0.733. The van der Waals surface area contributed by atoms with Gasteiger partial charge in [0.1, 0.15) is 0 Å². The first kappa shape index (κ1) is 13.6. The average Bonchev–Trinajstić information content (AvgIpc) is 2.54. The van der Waals surface area contributed by atoms with Crippen LogP contribution in [-0.4, -0.2) is 34.7 Å². The van der Waals surface area contributed by atoms with E-state index in [0.717, 1.165) is 42.9 Å². The van der Waals surface area contributed by atoms with E-state index in [9.17, 15) is 10.1 Å². The first-order valence-electron chi connectivity index (χ1n) is 7.34. The molecule has 0 radical (unpaired) electrons. The number of fused-ring (bicyclic) bond motifs is 1. The molecule has 5 nitrogen and oxygen atoms in total. The molecular weight excluding hydrogens is 264 g/mol. The van der Waals surface area contributed by atoms with E-state index in [2.05, 4.69) is 16.1 Å². The third-order valence-electron chi connectivity index (χ3n) is 4.04. The summed E-state index contributed by atoms with van der Waals surface area (Å²) in [6.07, 6.45) is 3.52. The van der Waals surface area contributed by atoms with Crippen LogP contribution in [0.5, 0.6) is 0 Å². The molecule has 0 spiro atoms. The lowest BCUT2D eigenvalue weighted by molar-refractivity contribution is -0.130. The maximum absolute atomic E-state index is 11.9. The lowest BCUT2D eigenvalue weighted by Gasteiger charge is -2.36. The van der Waals surface area contributed by atoms with Gasteiger partial charge in [-0.15, -0.1) is 5.10 Å². The van der Waals surface area contributed by atoms with Crippen LogP contribution in [-0.2, 0) is 4.79 Å². The minimum absolute atomic E-state index is 0.203. The summed E-state index contributed by atoms with van der Waals surface area (Å²) in [7, 11) is 0. The molecule has 0 saturated carbocycles. The number of amides is 1. The van der Waals surface area contributed by atoms with E-state index in [-0.39, 0.29) is 5.91 Å². The summed E-state index contributed by atoms with van der Waals surface area (Å²) in [6.45, 7) is 3.36. The molecule has 0 aliphatic carbocycles. The zero-order valence-electron chi connectivity index (χ0n) is 12.1. The number of nitriles is 1. The SMILES string of the molecule is CC(=O)N1N=C(N2CCCCC2)c2ccccc2C1C#N. The lowest BCUT2D eigenvalue weighted by atomic mass is 9.97. The number of hydrogen-bond donors (Lipinski definition) is 0. The minimum Gasteiger partial charge on any atom is -0.355 e. The summed E-state index contributed by atoms with van der Waals surface area (Å²) in [5.41, 5.74) is 1.84. The minimum atomic E-state index is -0.632. The van der Waals surface area contributed by atoms with Crippen LogP contribution in [0.3, 0.4) is 0 Å². The number of hydrogen-bond acceptors (Lipinski definition) is 4. The number of nitrogens with zero attached hydrogens (tertiary/aromatic N) is 4. The Morgan fingerprint density at radius 3 is 2.67 bits per heavy atom. The van der Waals surface area contributed by atoms with Crippen LogP contribution in [0.4, 0.5) is 0 Å². The fraction of sp³-hybridized carbons (Fsp3) is 0.438. The molecule has 21 heavy (non-hydrogen) atoms. The van der Waals surface area contributed by atoms with Crippen molar-refractivity contribution in [1.29, 1.82) is 5.26 Å². The van der Waals surface area contributed by atoms with Crippen LogP contribution < -0.4 is 0 Å². The summed E-state index contributed by atoms with van der Waals surface area (Å²) in [5, 5.41) is 15.2. The van der Waals surface area contributed by atoms with Crippen molar-refractivity contribution in [2.45, 2.75) is 32.2 Å². The predicted molar refractivity (Wildman–Crippen MR) is 79.3 cm³/mol. The van der Waals surface area contributed by atoms with Crippen molar-refractivity contribution in [2.24, 2.45) is 5.10 Å². The van der Waals surface area contributed by atoms with E-state index in [4.69, 9.17) is 0 Å². The molecule has 108 valence electrons. The van der Waals surface area contributed by atoms with Crippen LogP contribution in [0.2, 0.25) is 0 Å². The maximum Gasteiger partial charge on any atom is 0.241 e. The van der Waals surface area contributed by atoms with Gasteiger partial charge in [-0.2, -0.15) is 5.26 Å². The van der Waals surface area contributed by atoms with Crippen molar-refractivity contribution < 1.29 is 4.79 Å². The van der Waals surface area contributed by atoms with E-state index < -0.39 is 6.04 Å². The number of carbonyl (C=O) groups excluding carboxylic acids is 1. The number of rotatable bonds is 0. The van der Waals surface area contributed by atoms with Crippen LogP contribution in [0.25, 0.3) is 0 Å². The molecule has 1 fully saturated rings. The Morgan fingerprint density at radius 1 is 1.29 bits per heavy atom. The Balaban J connectivity index is 2.08. The van der Waals surface area contributed by atoms with Crippen molar-refractivity contribution in [1.82, 2.24) is 9.91 Å². The van der Waals surface area contributed by atoms with Crippen LogP contribution in [0.15, 0.2) is 29.4 Å². The number of benzene rings is 1. The molecule has 1 atom stereocenters. The van der Waals surface area contributed by atoms with Crippen LogP contribution in [0.1, 0.15) is 43.4 Å². The molecule has 1 amide bonds. The highest BCUT2D eigenvalue weighted by molar-refractivity contribution is 6.02. The highest BCUT2D eigenvalue weighted by atomic mass is 16.2. The largest absolute Gasteiger partial charge is 0.355 e. The van der Waals surface area contributed by atoms with Gasteiger partial charge < -0.3 is 4.90 Å². The molecule has 1 unspecified atom stereocenters. The van der Waals surface area contributed by atoms with Gasteiger partial charge in [0, 0.05) is 31.1 Å². The normalized spacial score (nSPS) is 21.3. The number of hydrazone groups is 1. The summed E-state index contributed by atoms with van der Waals surface area (Å²) in [5.74, 6) is 0.623. The predicted octanol–water partition coefficient (Wildman–Crippen LogP) is 2.26. The number of likely N-dealkylation sites (tertiary alicyclic amines) is 1. The van der Waals surface area contributed by atoms with Gasteiger partial charge in [-0.3, -0.25) is 4.79 Å². The highest BCUT2D eigenvalue weighted by Crippen LogP contribution is 2.31. The van der Waals surface area contributed by atoms with Crippen molar-refractivity contribution in [3.05, 3.63) is 35.4 Å². The molecule has 1 saturated heterocycles. The van der Waals surface area contributed by atoms with Crippen molar-refractivity contribution in [3.8, 4) is 6.07 Å². The Morgan fingerprint density at radius 2 is 2.00 bits per heavy atom. The average molecular weight is 282 g/mol. The zero-order chi connectivity index (χ0) is 14.8. The number of amidine groups is 1. The van der Waals surface area contributed by atoms with Crippen molar-refractivity contribution >= 4 is 11.7 Å². The molecule has 2 aliphatic rings. The summed E-state index contributed by atoms with van der Waals surface area (Å²) in [4.78, 5) is 14.1. The third kappa shape index (κ3) is 2.38. The highest BCUT2D eigenvalue weighted by Gasteiger charge is 2.33. The molecular formula is C16H18N4O. The van der Waals surface area contributed by atoms with Gasteiger partial charge >= 0.3 is 0 Å². The van der Waals surface area contributed by atoms with E-state index >= 15 is 0 Å². The van der Waals surface area contributed by atoms with Gasteiger partial charge in [-0.25, -0.2) is 5.01 Å². The Kier molecular flexibility index (Phi) is 3.61. The molecule has 2 aliphatic heterocycles. The fourth-order valence-electron chi connectivity index (χ4n) is 3.00. The molecule has 1 aromatic carbocycles. The zero-order valence-corrected chi connectivity index (χ0v) is 12.1. The second-order valence-electron chi connectivity index (χ2n) is 5.45. The number of carbonyl (C=O) groups is 1. The second kappa shape index (κ2) is 5.57. The number of piperidine rings is 1. The monoisotopic (exact) mass is 282 g/mol. The molecule has 0 bridgehead atoms. The molecule has 0 N–H and O–H groups in total. The molecule has 3 rings (SSSR count). The molecule has 2 heterocycles. The molecule has 5 heteroatoms. The van der Waals surface area contributed by atoms with Crippen molar-refractivity contribution in [3.63, 3.8) is 0 Å². The van der Waals surface area contributed by atoms with Gasteiger partial charge in [-0.05, 0) is 19.3 Å². The summed E-state index contributed by atoms with van der Waals surface area (Å²) in [6, 6.07) is 9.33. The molecule has 0 aromatic heterocycles. The smallest absolute Gasteiger partial charge is 0.241 e. The Hall–Kier alpha value is -2.35. The van der Waals surface area contributed by atoms with E-state index in [1.165, 1.54) is 18.4 Å². The summed E-state index contributed by atoms with van der Waals surface area (Å²) < 4.78 is 0. The van der Waals surface area contributed by atoms with Gasteiger partial charge in [0.2, 0.25) is 5.91 Å². The van der Waals surface area contributed by atoms with E-state index in [1.807, 2.05) is 24.3 Å². The summed E-state index contributed by atoms with van der Waals surface area (Å²) >= 11 is 0. The first-order chi connectivity index (χ1) is 10.2. The Bertz CT molecular complexity index is 625. The Labute approximate surface area is 124 Å². The van der Waals surface area contributed by atoms with Gasteiger partial charge in [0.25, 0.3) is 0 Å². The maximum atomic E-state index is 11.9. The van der Waals surface area contributed by atoms with Gasteiger partial charge in [0.15, 0.2) is 11.9 Å².